The van der Waals surface area contributed by atoms with Crippen LogP contribution in [0, 0.1) is 11.6 Å². The molecule has 0 aliphatic carbocycles. The molecule has 5 rings (SSSR count). The summed E-state index contributed by atoms with van der Waals surface area (Å²) in [4.78, 5) is 30.8. The summed E-state index contributed by atoms with van der Waals surface area (Å²) in [7, 11) is 2.81. The molecule has 1 N–H and O–H groups in total. The maximum absolute atomic E-state index is 14.4. The molecule has 0 unspecified atom stereocenters. The van der Waals surface area contributed by atoms with E-state index in [1.807, 2.05) is 18.4 Å². The lowest BCUT2D eigenvalue weighted by molar-refractivity contribution is -0.225. The first-order chi connectivity index (χ1) is 22.9. The Morgan fingerprint density at radius 1 is 0.958 bits per heavy atom. The zero-order valence-electron chi connectivity index (χ0n) is 27.8. The van der Waals surface area contributed by atoms with Gasteiger partial charge in [0.1, 0.15) is 35.3 Å². The number of aromatic nitrogens is 2. The van der Waals surface area contributed by atoms with Gasteiger partial charge in [0.15, 0.2) is 0 Å². The van der Waals surface area contributed by atoms with Gasteiger partial charge in [-0.2, -0.15) is 4.98 Å². The number of esters is 1. The van der Waals surface area contributed by atoms with Gasteiger partial charge in [-0.15, -0.1) is 0 Å². The van der Waals surface area contributed by atoms with E-state index < -0.39 is 35.4 Å². The molecule has 252 valence electrons. The van der Waals surface area contributed by atoms with E-state index in [4.69, 9.17) is 18.9 Å². The lowest BCUT2D eigenvalue weighted by Gasteiger charge is -2.36. The smallest absolute Gasteiger partial charge is 0.313 e. The van der Waals surface area contributed by atoms with Crippen molar-refractivity contribution < 1.29 is 37.3 Å². The van der Waals surface area contributed by atoms with Crippen LogP contribution in [0.3, 0.4) is 0 Å². The first-order valence-corrected chi connectivity index (χ1v) is 15.6. The Kier molecular flexibility index (Phi) is 10.3. The first kappa shape index (κ1) is 34.3. The quantitative estimate of drug-likeness (QED) is 0.164. The van der Waals surface area contributed by atoms with Crippen molar-refractivity contribution >= 4 is 17.7 Å². The summed E-state index contributed by atoms with van der Waals surface area (Å²) < 4.78 is 52.6. The Morgan fingerprint density at radius 3 is 2.17 bits per heavy atom. The standard InChI is InChI=1S/C37H39F2N3O6/c1-22(2)42-29(19-18-27-20-28(21-32(43)46-6)48-37(3,4)47-27)33(23-10-14-25(38)15-11-23)34(24-12-16-26(39)17-13-24)35(42)36(44)41-30-8-7-9-31(40-30)45-5/h7-17,20,22,27H,18-19,21H2,1-6H3,(H,40,41,44)/t27-/m1/s1. The summed E-state index contributed by atoms with van der Waals surface area (Å²) in [6, 6.07) is 16.8. The summed E-state index contributed by atoms with van der Waals surface area (Å²) in [5.74, 6) is -1.65. The highest BCUT2D eigenvalue weighted by Gasteiger charge is 2.34. The summed E-state index contributed by atoms with van der Waals surface area (Å²) in [6.07, 6.45) is 2.14. The summed E-state index contributed by atoms with van der Waals surface area (Å²) in [5.41, 5.74) is 3.64. The second-order valence-electron chi connectivity index (χ2n) is 12.1. The lowest BCUT2D eigenvalue weighted by atomic mass is 9.93. The van der Waals surface area contributed by atoms with Crippen molar-refractivity contribution in [2.75, 3.05) is 19.5 Å². The number of carbonyl (C=O) groups excluding carboxylic acids is 2. The number of hydrogen-bond acceptors (Lipinski definition) is 7. The number of amides is 1. The van der Waals surface area contributed by atoms with Gasteiger partial charge in [0.25, 0.3) is 5.91 Å². The van der Waals surface area contributed by atoms with Gasteiger partial charge in [0.2, 0.25) is 11.7 Å². The van der Waals surface area contributed by atoms with Crippen LogP contribution < -0.4 is 10.1 Å². The molecule has 1 atom stereocenters. The number of pyridine rings is 1. The van der Waals surface area contributed by atoms with Crippen molar-refractivity contribution in [2.45, 2.75) is 64.9 Å². The molecular weight excluding hydrogens is 620 g/mol. The number of ether oxygens (including phenoxy) is 4. The van der Waals surface area contributed by atoms with Gasteiger partial charge in [-0.3, -0.25) is 9.59 Å². The molecule has 1 aliphatic heterocycles. The average Bonchev–Trinajstić information content (AvgIpc) is 3.39. The fraction of sp³-hybridized carbons (Fsp3) is 0.324. The molecule has 0 saturated heterocycles. The minimum Gasteiger partial charge on any atom is -0.481 e. The van der Waals surface area contributed by atoms with Crippen LogP contribution in [0.15, 0.2) is 78.6 Å². The number of anilines is 1. The van der Waals surface area contributed by atoms with E-state index in [0.717, 1.165) is 5.69 Å². The molecule has 0 radical (unpaired) electrons. The highest BCUT2D eigenvalue weighted by atomic mass is 19.1. The Labute approximate surface area is 278 Å². The van der Waals surface area contributed by atoms with Gasteiger partial charge in [-0.25, -0.2) is 8.78 Å². The Balaban J connectivity index is 1.69. The van der Waals surface area contributed by atoms with E-state index in [0.29, 0.717) is 52.4 Å². The monoisotopic (exact) mass is 659 g/mol. The van der Waals surface area contributed by atoms with Crippen molar-refractivity contribution in [3.05, 3.63) is 102 Å². The van der Waals surface area contributed by atoms with Crippen LogP contribution >= 0.6 is 0 Å². The van der Waals surface area contributed by atoms with Gasteiger partial charge in [-0.1, -0.05) is 30.3 Å². The second kappa shape index (κ2) is 14.4. The van der Waals surface area contributed by atoms with Gasteiger partial charge in [0.05, 0.1) is 20.3 Å². The van der Waals surface area contributed by atoms with Gasteiger partial charge >= 0.3 is 5.97 Å². The minimum atomic E-state index is -1.00. The molecule has 0 spiro atoms. The zero-order chi connectivity index (χ0) is 34.6. The molecule has 2 aromatic heterocycles. The number of benzene rings is 2. The van der Waals surface area contributed by atoms with Crippen LogP contribution in [-0.4, -0.2) is 47.5 Å². The van der Waals surface area contributed by atoms with E-state index in [1.165, 1.54) is 38.5 Å². The summed E-state index contributed by atoms with van der Waals surface area (Å²) in [5, 5.41) is 2.92. The fourth-order valence-corrected chi connectivity index (χ4v) is 5.99. The maximum Gasteiger partial charge on any atom is 0.313 e. The Morgan fingerprint density at radius 2 is 1.58 bits per heavy atom. The van der Waals surface area contributed by atoms with E-state index >= 15 is 0 Å². The van der Waals surface area contributed by atoms with Gasteiger partial charge in [-0.05, 0) is 74.2 Å². The number of halogens is 2. The van der Waals surface area contributed by atoms with Crippen molar-refractivity contribution in [2.24, 2.45) is 0 Å². The predicted molar refractivity (Wildman–Crippen MR) is 177 cm³/mol. The van der Waals surface area contributed by atoms with Crippen molar-refractivity contribution in [1.29, 1.82) is 0 Å². The normalized spacial score (nSPS) is 15.4. The van der Waals surface area contributed by atoms with Gasteiger partial charge in [0, 0.05) is 42.8 Å². The van der Waals surface area contributed by atoms with Crippen molar-refractivity contribution in [1.82, 2.24) is 9.55 Å². The highest BCUT2D eigenvalue weighted by molar-refractivity contribution is 6.10. The van der Waals surface area contributed by atoms with Crippen LogP contribution in [0.5, 0.6) is 5.88 Å². The summed E-state index contributed by atoms with van der Waals surface area (Å²) >= 11 is 0. The third kappa shape index (κ3) is 7.74. The fourth-order valence-electron chi connectivity index (χ4n) is 5.99. The van der Waals surface area contributed by atoms with Gasteiger partial charge < -0.3 is 28.8 Å². The summed E-state index contributed by atoms with van der Waals surface area (Å²) in [6.45, 7) is 7.48. The Hall–Kier alpha value is -5.03. The van der Waals surface area contributed by atoms with Crippen LogP contribution in [0.4, 0.5) is 14.6 Å². The highest BCUT2D eigenvalue weighted by Crippen LogP contribution is 2.43. The molecule has 11 heteroatoms. The number of nitrogens with zero attached hydrogens (tertiary/aromatic N) is 2. The minimum absolute atomic E-state index is 0.0413. The third-order valence-electron chi connectivity index (χ3n) is 7.87. The van der Waals surface area contributed by atoms with E-state index in [1.54, 1.807) is 62.4 Å². The second-order valence-corrected chi connectivity index (χ2v) is 12.1. The maximum atomic E-state index is 14.4. The molecule has 1 amide bonds. The van der Waals surface area contributed by atoms with E-state index in [9.17, 15) is 18.4 Å². The topological polar surface area (TPSA) is 101 Å². The van der Waals surface area contributed by atoms with Crippen LogP contribution in [-0.2, 0) is 25.4 Å². The number of rotatable bonds is 11. The molecule has 48 heavy (non-hydrogen) atoms. The number of carbonyl (C=O) groups is 2. The zero-order valence-corrected chi connectivity index (χ0v) is 27.8. The average molecular weight is 660 g/mol. The molecule has 2 aromatic carbocycles. The van der Waals surface area contributed by atoms with E-state index in [2.05, 4.69) is 10.3 Å². The largest absolute Gasteiger partial charge is 0.481 e. The van der Waals surface area contributed by atoms with Crippen LogP contribution in [0.1, 0.15) is 62.8 Å². The number of methoxy groups -OCH3 is 2. The lowest BCUT2D eigenvalue weighted by Crippen LogP contribution is -2.37. The molecule has 1 aliphatic rings. The molecule has 0 saturated carbocycles. The third-order valence-corrected chi connectivity index (χ3v) is 7.87. The Bertz CT molecular complexity index is 1810. The van der Waals surface area contributed by atoms with Crippen LogP contribution in [0.25, 0.3) is 22.3 Å². The molecule has 3 heterocycles. The predicted octanol–water partition coefficient (Wildman–Crippen LogP) is 7.87. The molecule has 0 fully saturated rings. The molecule has 4 aromatic rings. The molecule has 0 bridgehead atoms. The first-order valence-electron chi connectivity index (χ1n) is 15.6. The van der Waals surface area contributed by atoms with Crippen molar-refractivity contribution in [3.8, 4) is 28.1 Å². The molecular formula is C37H39F2N3O6. The van der Waals surface area contributed by atoms with Crippen LogP contribution in [0.2, 0.25) is 0 Å². The van der Waals surface area contributed by atoms with Crippen molar-refractivity contribution in [3.63, 3.8) is 0 Å². The van der Waals surface area contributed by atoms with E-state index in [-0.39, 0.29) is 18.3 Å². The number of hydrogen-bond donors (Lipinski definition) is 1. The number of nitrogens with one attached hydrogen (secondary N) is 1. The molecule has 9 nitrogen and oxygen atoms in total. The SMILES string of the molecule is COC(=O)CC1=C[C@@H](CCc2c(-c3ccc(F)cc3)c(-c3ccc(F)cc3)c(C(=O)Nc3cccc(OC)n3)n2C(C)C)OC(C)(C)O1.